The summed E-state index contributed by atoms with van der Waals surface area (Å²) in [5.41, 5.74) is 0.510. The number of benzene rings is 1. The molecule has 6 heteroatoms. The molecule has 1 atom stereocenters. The number of halogens is 1. The molecule has 0 aliphatic carbocycles. The molecule has 0 bridgehead atoms. The summed E-state index contributed by atoms with van der Waals surface area (Å²) in [4.78, 5) is 4.00. The smallest absolute Gasteiger partial charge is 0.125 e. The van der Waals surface area contributed by atoms with Crippen LogP contribution in [0.3, 0.4) is 0 Å². The summed E-state index contributed by atoms with van der Waals surface area (Å²) in [5, 5.41) is 0.485. The largest absolute Gasteiger partial charge is 0.772 e. The van der Waals surface area contributed by atoms with E-state index in [9.17, 15) is 13.2 Å². The van der Waals surface area contributed by atoms with Gasteiger partial charge in [0.15, 0.2) is 0 Å². The fourth-order valence-electron chi connectivity index (χ4n) is 1.11. The number of hydrogen-bond donors (Lipinski definition) is 0. The topological polar surface area (TPSA) is 53.0 Å². The fraction of sp³-hybridized carbons (Fsp3) is 0.125. The Hall–Kier alpha value is -0.850. The number of aromatic nitrogens is 1. The summed E-state index contributed by atoms with van der Waals surface area (Å²) in [6, 6.07) is 4.22. The van der Waals surface area contributed by atoms with Crippen LogP contribution in [0.25, 0.3) is 10.2 Å². The van der Waals surface area contributed by atoms with Gasteiger partial charge in [0.25, 0.3) is 0 Å². The molecule has 2 aromatic rings. The number of thiazole rings is 1. The van der Waals surface area contributed by atoms with Gasteiger partial charge in [0.2, 0.25) is 0 Å². The molecule has 2 rings (SSSR count). The van der Waals surface area contributed by atoms with Crippen LogP contribution in [-0.4, -0.2) is 13.7 Å². The van der Waals surface area contributed by atoms with Crippen LogP contribution < -0.4 is 0 Å². The lowest BCUT2D eigenvalue weighted by atomic mass is 10.3. The van der Waals surface area contributed by atoms with Gasteiger partial charge in [-0.25, -0.2) is 9.37 Å². The van der Waals surface area contributed by atoms with Crippen molar-refractivity contribution in [1.82, 2.24) is 4.98 Å². The van der Waals surface area contributed by atoms with E-state index in [2.05, 4.69) is 4.98 Å². The summed E-state index contributed by atoms with van der Waals surface area (Å²) in [6.45, 7) is 0. The Bertz CT molecular complexity index is 497. The van der Waals surface area contributed by atoms with Crippen molar-refractivity contribution in [2.24, 2.45) is 0 Å². The van der Waals surface area contributed by atoms with Crippen LogP contribution in [-0.2, 0) is 16.8 Å². The Morgan fingerprint density at radius 2 is 2.36 bits per heavy atom. The van der Waals surface area contributed by atoms with Crippen molar-refractivity contribution < 1.29 is 13.2 Å². The SMILES string of the molecule is O=S([O-])Cc1nc2cc(F)ccc2s1. The predicted octanol–water partition coefficient (Wildman–Crippen LogP) is 1.81. The molecule has 1 heterocycles. The first-order valence-corrected chi connectivity index (χ1v) is 5.82. The Kier molecular flexibility index (Phi) is 2.58. The second kappa shape index (κ2) is 3.72. The maximum atomic E-state index is 12.8. The summed E-state index contributed by atoms with van der Waals surface area (Å²) >= 11 is -0.881. The Morgan fingerprint density at radius 1 is 1.57 bits per heavy atom. The van der Waals surface area contributed by atoms with Gasteiger partial charge < -0.3 is 4.55 Å². The van der Waals surface area contributed by atoms with Crippen LogP contribution in [0.1, 0.15) is 5.01 Å². The lowest BCUT2D eigenvalue weighted by Crippen LogP contribution is -1.91. The van der Waals surface area contributed by atoms with Gasteiger partial charge in [-0.1, -0.05) is 0 Å². The average molecular weight is 230 g/mol. The third-order valence-corrected chi connectivity index (χ3v) is 3.36. The summed E-state index contributed by atoms with van der Waals surface area (Å²) in [5.74, 6) is -0.473. The molecule has 0 fully saturated rings. The minimum Gasteiger partial charge on any atom is -0.772 e. The molecule has 0 spiro atoms. The zero-order valence-corrected chi connectivity index (χ0v) is 8.53. The van der Waals surface area contributed by atoms with Crippen molar-refractivity contribution in [3.8, 4) is 0 Å². The van der Waals surface area contributed by atoms with Gasteiger partial charge in [-0.05, 0) is 23.2 Å². The van der Waals surface area contributed by atoms with Crippen molar-refractivity contribution in [2.75, 3.05) is 0 Å². The summed E-state index contributed by atoms with van der Waals surface area (Å²) in [6.07, 6.45) is 0. The molecule has 1 unspecified atom stereocenters. The lowest BCUT2D eigenvalue weighted by molar-refractivity contribution is 0.536. The zero-order valence-electron chi connectivity index (χ0n) is 6.90. The van der Waals surface area contributed by atoms with Gasteiger partial charge in [-0.3, -0.25) is 4.21 Å². The van der Waals surface area contributed by atoms with E-state index in [0.29, 0.717) is 10.5 Å². The molecule has 3 nitrogen and oxygen atoms in total. The van der Waals surface area contributed by atoms with E-state index in [-0.39, 0.29) is 11.6 Å². The highest BCUT2D eigenvalue weighted by atomic mass is 32.2. The normalized spacial score (nSPS) is 13.3. The van der Waals surface area contributed by atoms with Crippen molar-refractivity contribution in [3.63, 3.8) is 0 Å². The van der Waals surface area contributed by atoms with Crippen LogP contribution in [0.4, 0.5) is 4.39 Å². The minimum absolute atomic E-state index is 0.110. The van der Waals surface area contributed by atoms with Crippen LogP contribution in [0.5, 0.6) is 0 Å². The van der Waals surface area contributed by atoms with Crippen LogP contribution >= 0.6 is 11.3 Å². The molecular weight excluding hydrogens is 225 g/mol. The maximum absolute atomic E-state index is 12.8. The van der Waals surface area contributed by atoms with Crippen LogP contribution in [0.2, 0.25) is 0 Å². The number of hydrogen-bond acceptors (Lipinski definition) is 4. The first kappa shape index (κ1) is 9.70. The molecule has 0 aliphatic rings. The highest BCUT2D eigenvalue weighted by Crippen LogP contribution is 2.23. The average Bonchev–Trinajstić information content (AvgIpc) is 2.44. The molecule has 0 saturated heterocycles. The third-order valence-electron chi connectivity index (χ3n) is 1.64. The van der Waals surface area contributed by atoms with E-state index in [0.717, 1.165) is 4.70 Å². The lowest BCUT2D eigenvalue weighted by Gasteiger charge is -1.98. The summed E-state index contributed by atoms with van der Waals surface area (Å²) in [7, 11) is 0. The molecule has 14 heavy (non-hydrogen) atoms. The number of nitrogens with zero attached hydrogens (tertiary/aromatic N) is 1. The van der Waals surface area contributed by atoms with Crippen molar-refractivity contribution in [1.29, 1.82) is 0 Å². The van der Waals surface area contributed by atoms with E-state index < -0.39 is 11.1 Å². The van der Waals surface area contributed by atoms with E-state index >= 15 is 0 Å². The molecule has 1 aromatic heterocycles. The van der Waals surface area contributed by atoms with Gasteiger partial charge >= 0.3 is 0 Å². The van der Waals surface area contributed by atoms with Gasteiger partial charge in [0, 0.05) is 6.07 Å². The second-order valence-corrected chi connectivity index (χ2v) is 4.68. The monoisotopic (exact) mass is 230 g/mol. The van der Waals surface area contributed by atoms with E-state index in [1.807, 2.05) is 0 Å². The Balaban J connectivity index is 2.46. The van der Waals surface area contributed by atoms with Gasteiger partial charge in [-0.15, -0.1) is 11.3 Å². The molecule has 1 aromatic carbocycles. The molecule has 0 amide bonds. The van der Waals surface area contributed by atoms with Gasteiger partial charge in [0.05, 0.1) is 16.0 Å². The fourth-order valence-corrected chi connectivity index (χ4v) is 2.64. The first-order chi connectivity index (χ1) is 6.65. The Labute approximate surface area is 85.9 Å². The highest BCUT2D eigenvalue weighted by Gasteiger charge is 2.04. The van der Waals surface area contributed by atoms with Crippen LogP contribution in [0, 0.1) is 5.82 Å². The van der Waals surface area contributed by atoms with Gasteiger partial charge in [0.1, 0.15) is 10.8 Å². The number of fused-ring (bicyclic) bond motifs is 1. The molecular formula is C8H5FNO2S2-. The predicted molar refractivity (Wildman–Crippen MR) is 52.2 cm³/mol. The third kappa shape index (κ3) is 1.97. The maximum Gasteiger partial charge on any atom is 0.125 e. The quantitative estimate of drug-likeness (QED) is 0.739. The van der Waals surface area contributed by atoms with Crippen molar-refractivity contribution in [3.05, 3.63) is 29.0 Å². The minimum atomic E-state index is -2.14. The zero-order chi connectivity index (χ0) is 10.1. The molecule has 0 aliphatic heterocycles. The van der Waals surface area contributed by atoms with Crippen molar-refractivity contribution in [2.45, 2.75) is 5.75 Å². The Morgan fingerprint density at radius 3 is 3.07 bits per heavy atom. The first-order valence-electron chi connectivity index (χ1n) is 3.76. The summed E-state index contributed by atoms with van der Waals surface area (Å²) < 4.78 is 34.4. The molecule has 0 saturated carbocycles. The second-order valence-electron chi connectivity index (χ2n) is 2.67. The molecule has 74 valence electrons. The highest BCUT2D eigenvalue weighted by molar-refractivity contribution is 7.78. The van der Waals surface area contributed by atoms with Crippen molar-refractivity contribution >= 4 is 32.6 Å². The van der Waals surface area contributed by atoms with Crippen LogP contribution in [0.15, 0.2) is 18.2 Å². The van der Waals surface area contributed by atoms with E-state index in [1.165, 1.54) is 23.5 Å². The molecule has 0 radical (unpaired) electrons. The number of rotatable bonds is 2. The standard InChI is InChI=1S/C8H6FNO2S2/c9-5-1-2-7-6(3-5)10-8(13-7)4-14(11)12/h1-3H,4H2,(H,11,12)/p-1. The van der Waals surface area contributed by atoms with Gasteiger partial charge in [-0.2, -0.15) is 0 Å². The molecule has 0 N–H and O–H groups in total. The van der Waals surface area contributed by atoms with E-state index in [4.69, 9.17) is 0 Å². The van der Waals surface area contributed by atoms with E-state index in [1.54, 1.807) is 6.07 Å².